The van der Waals surface area contributed by atoms with Crippen LogP contribution in [0, 0.1) is 0 Å². The molecular formula is C15H20N2O4S2. The molecule has 0 saturated carbocycles. The molecule has 1 N–H and O–H groups in total. The average molecular weight is 356 g/mol. The molecule has 2 rings (SSSR count). The molecule has 0 saturated heterocycles. The summed E-state index contributed by atoms with van der Waals surface area (Å²) in [4.78, 5) is 15.6. The first-order valence-corrected chi connectivity index (χ1v) is 9.32. The van der Waals surface area contributed by atoms with Gasteiger partial charge in [-0.1, -0.05) is 20.8 Å². The Bertz CT molecular complexity index is 850. The third-order valence-electron chi connectivity index (χ3n) is 3.58. The van der Waals surface area contributed by atoms with E-state index < -0.39 is 22.0 Å². The predicted molar refractivity (Wildman–Crippen MR) is 90.4 cm³/mol. The normalized spacial score (nSPS) is 14.3. The van der Waals surface area contributed by atoms with Crippen molar-refractivity contribution in [2.45, 2.75) is 44.0 Å². The van der Waals surface area contributed by atoms with Crippen LogP contribution in [0.25, 0.3) is 10.2 Å². The van der Waals surface area contributed by atoms with Crippen molar-refractivity contribution in [3.63, 3.8) is 0 Å². The molecule has 0 aliphatic carbocycles. The van der Waals surface area contributed by atoms with Crippen molar-refractivity contribution in [3.8, 4) is 0 Å². The highest BCUT2D eigenvalue weighted by molar-refractivity contribution is 7.89. The van der Waals surface area contributed by atoms with Crippen molar-refractivity contribution in [2.75, 3.05) is 7.05 Å². The maximum Gasteiger partial charge on any atom is 0.321 e. The molecule has 0 fully saturated rings. The highest BCUT2D eigenvalue weighted by Gasteiger charge is 2.30. The Morgan fingerprint density at radius 1 is 1.35 bits per heavy atom. The van der Waals surface area contributed by atoms with E-state index in [1.807, 2.05) is 20.8 Å². The van der Waals surface area contributed by atoms with Gasteiger partial charge in [-0.3, -0.25) is 4.79 Å². The van der Waals surface area contributed by atoms with E-state index in [1.165, 1.54) is 31.4 Å². The lowest BCUT2D eigenvalue weighted by Crippen LogP contribution is -2.40. The summed E-state index contributed by atoms with van der Waals surface area (Å²) in [6.45, 7) is 7.48. The van der Waals surface area contributed by atoms with Gasteiger partial charge in [0.2, 0.25) is 10.0 Å². The number of fused-ring (bicyclic) bond motifs is 1. The Balaban J connectivity index is 2.49. The Morgan fingerprint density at radius 2 is 1.96 bits per heavy atom. The molecule has 0 amide bonds. The lowest BCUT2D eigenvalue weighted by molar-refractivity contribution is -0.140. The minimum atomic E-state index is -3.87. The smallest absolute Gasteiger partial charge is 0.321 e. The Kier molecular flexibility index (Phi) is 4.53. The molecule has 1 aromatic carbocycles. The number of nitrogens with zero attached hydrogens (tertiary/aromatic N) is 2. The van der Waals surface area contributed by atoms with Gasteiger partial charge < -0.3 is 5.11 Å². The zero-order valence-electron chi connectivity index (χ0n) is 13.7. The highest BCUT2D eigenvalue weighted by Crippen LogP contribution is 2.32. The van der Waals surface area contributed by atoms with Gasteiger partial charge in [-0.15, -0.1) is 11.3 Å². The quantitative estimate of drug-likeness (QED) is 0.910. The lowest BCUT2D eigenvalue weighted by Gasteiger charge is -2.20. The van der Waals surface area contributed by atoms with E-state index >= 15 is 0 Å². The number of aromatic nitrogens is 1. The molecule has 0 aliphatic rings. The van der Waals surface area contributed by atoms with Crippen LogP contribution in [-0.4, -0.2) is 41.9 Å². The Morgan fingerprint density at radius 3 is 2.48 bits per heavy atom. The first-order valence-electron chi connectivity index (χ1n) is 7.06. The Hall–Kier alpha value is -1.51. The van der Waals surface area contributed by atoms with E-state index in [4.69, 9.17) is 5.11 Å². The molecule has 1 atom stereocenters. The minimum Gasteiger partial charge on any atom is -0.480 e. The summed E-state index contributed by atoms with van der Waals surface area (Å²) in [7, 11) is -2.60. The van der Waals surface area contributed by atoms with Crippen molar-refractivity contribution >= 4 is 37.5 Å². The van der Waals surface area contributed by atoms with E-state index in [-0.39, 0.29) is 10.3 Å². The minimum absolute atomic E-state index is 0.0738. The van der Waals surface area contributed by atoms with Crippen LogP contribution in [-0.2, 0) is 20.2 Å². The summed E-state index contributed by atoms with van der Waals surface area (Å²) in [6, 6.07) is 3.55. The SMILES string of the molecule is CC(C(=O)O)N(C)S(=O)(=O)c1ccc2nc(C(C)(C)C)sc2c1. The van der Waals surface area contributed by atoms with Crippen LogP contribution < -0.4 is 0 Å². The van der Waals surface area contributed by atoms with E-state index in [1.54, 1.807) is 12.1 Å². The zero-order valence-corrected chi connectivity index (χ0v) is 15.3. The van der Waals surface area contributed by atoms with Crippen LogP contribution in [0.1, 0.15) is 32.7 Å². The molecule has 8 heteroatoms. The number of carbonyl (C=O) groups is 1. The summed E-state index contributed by atoms with van der Waals surface area (Å²) in [6.07, 6.45) is 0. The summed E-state index contributed by atoms with van der Waals surface area (Å²) < 4.78 is 26.8. The van der Waals surface area contributed by atoms with Crippen molar-refractivity contribution in [3.05, 3.63) is 23.2 Å². The van der Waals surface area contributed by atoms with Gasteiger partial charge in [0.05, 0.1) is 20.1 Å². The number of aliphatic carboxylic acids is 1. The number of rotatable bonds is 4. The molecule has 6 nitrogen and oxygen atoms in total. The fraction of sp³-hybridized carbons (Fsp3) is 0.467. The molecule has 0 bridgehead atoms. The number of thiazole rings is 1. The molecule has 1 heterocycles. The number of carboxylic acids is 1. The third-order valence-corrected chi connectivity index (χ3v) is 6.95. The van der Waals surface area contributed by atoms with Crippen LogP contribution >= 0.6 is 11.3 Å². The molecular weight excluding hydrogens is 336 g/mol. The fourth-order valence-electron chi connectivity index (χ4n) is 1.92. The summed E-state index contributed by atoms with van der Waals surface area (Å²) in [5.74, 6) is -1.19. The first-order chi connectivity index (χ1) is 10.4. The third kappa shape index (κ3) is 3.39. The molecule has 1 aromatic heterocycles. The second-order valence-electron chi connectivity index (χ2n) is 6.43. The first kappa shape index (κ1) is 17.8. The van der Waals surface area contributed by atoms with Crippen LogP contribution in [0.2, 0.25) is 0 Å². The largest absolute Gasteiger partial charge is 0.480 e. The van der Waals surface area contributed by atoms with Crippen LogP contribution in [0.5, 0.6) is 0 Å². The summed E-state index contributed by atoms with van der Waals surface area (Å²) in [5, 5.41) is 9.94. The average Bonchev–Trinajstić information content (AvgIpc) is 2.88. The molecule has 23 heavy (non-hydrogen) atoms. The summed E-state index contributed by atoms with van der Waals surface area (Å²) in [5.41, 5.74) is 0.630. The van der Waals surface area contributed by atoms with Crippen LogP contribution in [0.3, 0.4) is 0 Å². The van der Waals surface area contributed by atoms with Crippen molar-refractivity contribution < 1.29 is 18.3 Å². The molecule has 126 valence electrons. The number of hydrogen-bond donors (Lipinski definition) is 1. The van der Waals surface area contributed by atoms with E-state index in [0.717, 1.165) is 19.5 Å². The van der Waals surface area contributed by atoms with E-state index in [9.17, 15) is 13.2 Å². The van der Waals surface area contributed by atoms with Gasteiger partial charge in [0, 0.05) is 12.5 Å². The van der Waals surface area contributed by atoms with Gasteiger partial charge in [-0.25, -0.2) is 13.4 Å². The van der Waals surface area contributed by atoms with Gasteiger partial charge in [0.15, 0.2) is 0 Å². The predicted octanol–water partition coefficient (Wildman–Crippen LogP) is 2.69. The molecule has 0 radical (unpaired) electrons. The van der Waals surface area contributed by atoms with Crippen molar-refractivity contribution in [1.29, 1.82) is 0 Å². The van der Waals surface area contributed by atoms with Crippen molar-refractivity contribution in [1.82, 2.24) is 9.29 Å². The number of benzene rings is 1. The maximum absolute atomic E-state index is 12.6. The van der Waals surface area contributed by atoms with Crippen molar-refractivity contribution in [2.24, 2.45) is 0 Å². The summed E-state index contributed by atoms with van der Waals surface area (Å²) >= 11 is 1.45. The second kappa shape index (κ2) is 5.85. The molecule has 2 aromatic rings. The maximum atomic E-state index is 12.6. The fourth-order valence-corrected chi connectivity index (χ4v) is 4.40. The molecule has 0 aliphatic heterocycles. The topological polar surface area (TPSA) is 87.6 Å². The number of hydrogen-bond acceptors (Lipinski definition) is 5. The second-order valence-corrected chi connectivity index (χ2v) is 9.46. The van der Waals surface area contributed by atoms with Crippen LogP contribution in [0.4, 0.5) is 0 Å². The molecule has 1 unspecified atom stereocenters. The van der Waals surface area contributed by atoms with Gasteiger partial charge >= 0.3 is 5.97 Å². The van der Waals surface area contributed by atoms with Gasteiger partial charge in [0.25, 0.3) is 0 Å². The van der Waals surface area contributed by atoms with E-state index in [0.29, 0.717) is 0 Å². The van der Waals surface area contributed by atoms with E-state index in [2.05, 4.69) is 4.98 Å². The zero-order chi connectivity index (χ0) is 17.6. The highest BCUT2D eigenvalue weighted by atomic mass is 32.2. The number of carboxylic acid groups (broad SMARTS) is 1. The lowest BCUT2D eigenvalue weighted by atomic mass is 9.98. The Labute approximate surface area is 139 Å². The molecule has 0 spiro atoms. The van der Waals surface area contributed by atoms with Gasteiger partial charge in [-0.2, -0.15) is 4.31 Å². The number of likely N-dealkylation sites (N-methyl/N-ethyl adjacent to an activating group) is 1. The number of sulfonamides is 1. The van der Waals surface area contributed by atoms with Crippen LogP contribution in [0.15, 0.2) is 23.1 Å². The van der Waals surface area contributed by atoms with Gasteiger partial charge in [-0.05, 0) is 25.1 Å². The standard InChI is InChI=1S/C15H20N2O4S2/c1-9(13(18)19)17(5)23(20,21)10-6-7-11-12(8-10)22-14(16-11)15(2,3)4/h6-9H,1-5H3,(H,18,19). The van der Waals surface area contributed by atoms with Gasteiger partial charge in [0.1, 0.15) is 6.04 Å². The monoisotopic (exact) mass is 356 g/mol.